The van der Waals surface area contributed by atoms with Crippen molar-refractivity contribution in [3.05, 3.63) is 34.3 Å². The Morgan fingerprint density at radius 3 is 2.30 bits per heavy atom. The number of amides is 1. The van der Waals surface area contributed by atoms with Crippen molar-refractivity contribution in [1.82, 2.24) is 9.62 Å². The molecule has 1 aromatic carbocycles. The van der Waals surface area contributed by atoms with Crippen molar-refractivity contribution in [3.63, 3.8) is 0 Å². The Labute approximate surface area is 128 Å². The molecular weight excluding hydrogens is 344 g/mol. The Bertz CT molecular complexity index is 555. The number of rotatable bonds is 6. The van der Waals surface area contributed by atoms with E-state index >= 15 is 0 Å². The van der Waals surface area contributed by atoms with E-state index < -0.39 is 10.0 Å². The molecule has 0 aliphatic heterocycles. The van der Waals surface area contributed by atoms with Crippen LogP contribution in [-0.2, 0) is 10.0 Å². The summed E-state index contributed by atoms with van der Waals surface area (Å²) in [7, 11) is -3.26. The zero-order valence-electron chi connectivity index (χ0n) is 11.8. The predicted molar refractivity (Wildman–Crippen MR) is 83.2 cm³/mol. The molecule has 1 aromatic rings. The lowest BCUT2D eigenvalue weighted by Crippen LogP contribution is -2.41. The summed E-state index contributed by atoms with van der Waals surface area (Å²) < 4.78 is 25.4. The topological polar surface area (TPSA) is 66.5 Å². The molecule has 0 aliphatic carbocycles. The highest BCUT2D eigenvalue weighted by molar-refractivity contribution is 9.10. The largest absolute Gasteiger partial charge is 0.351 e. The van der Waals surface area contributed by atoms with Crippen molar-refractivity contribution in [1.29, 1.82) is 0 Å². The van der Waals surface area contributed by atoms with Gasteiger partial charge in [-0.2, -0.15) is 4.31 Å². The molecule has 1 rings (SSSR count). The first kappa shape index (κ1) is 17.1. The van der Waals surface area contributed by atoms with Gasteiger partial charge in [-0.25, -0.2) is 8.42 Å². The van der Waals surface area contributed by atoms with Gasteiger partial charge in [0.05, 0.1) is 6.26 Å². The molecule has 0 saturated carbocycles. The SMILES string of the molecule is CC(C)N(CCNC(=O)c1ccc(Br)cc1)S(C)(=O)=O. The number of nitrogens with one attached hydrogen (secondary N) is 1. The van der Waals surface area contributed by atoms with E-state index in [1.165, 1.54) is 10.6 Å². The van der Waals surface area contributed by atoms with Gasteiger partial charge in [0.1, 0.15) is 0 Å². The quantitative estimate of drug-likeness (QED) is 0.839. The lowest BCUT2D eigenvalue weighted by atomic mass is 10.2. The fraction of sp³-hybridized carbons (Fsp3) is 0.462. The first-order valence-electron chi connectivity index (χ1n) is 6.22. The van der Waals surface area contributed by atoms with Gasteiger partial charge in [-0.15, -0.1) is 0 Å². The van der Waals surface area contributed by atoms with Gasteiger partial charge >= 0.3 is 0 Å². The van der Waals surface area contributed by atoms with E-state index in [0.29, 0.717) is 5.56 Å². The minimum absolute atomic E-state index is 0.130. The van der Waals surface area contributed by atoms with Crippen LogP contribution in [0.3, 0.4) is 0 Å². The van der Waals surface area contributed by atoms with Gasteiger partial charge in [0.25, 0.3) is 5.91 Å². The number of hydrogen-bond acceptors (Lipinski definition) is 3. The molecule has 0 aromatic heterocycles. The van der Waals surface area contributed by atoms with E-state index in [0.717, 1.165) is 4.47 Å². The fourth-order valence-corrected chi connectivity index (χ4v) is 3.24. The number of halogens is 1. The van der Waals surface area contributed by atoms with Crippen LogP contribution < -0.4 is 5.32 Å². The first-order valence-corrected chi connectivity index (χ1v) is 8.86. The molecule has 0 saturated heterocycles. The summed E-state index contributed by atoms with van der Waals surface area (Å²) in [5.41, 5.74) is 0.545. The van der Waals surface area contributed by atoms with E-state index in [1.807, 2.05) is 0 Å². The van der Waals surface area contributed by atoms with Crippen LogP contribution in [0, 0.1) is 0 Å². The zero-order valence-corrected chi connectivity index (χ0v) is 14.2. The van der Waals surface area contributed by atoms with E-state index in [4.69, 9.17) is 0 Å². The Kier molecular flexibility index (Phi) is 6.16. The second-order valence-corrected chi connectivity index (χ2v) is 7.58. The number of carbonyl (C=O) groups excluding carboxylic acids is 1. The highest BCUT2D eigenvalue weighted by Gasteiger charge is 2.19. The van der Waals surface area contributed by atoms with E-state index in [1.54, 1.807) is 38.1 Å². The standard InChI is InChI=1S/C13H19BrN2O3S/c1-10(2)16(20(3,18)19)9-8-15-13(17)11-4-6-12(14)7-5-11/h4-7,10H,8-9H2,1-3H3,(H,15,17). The fourth-order valence-electron chi connectivity index (χ4n) is 1.79. The maximum atomic E-state index is 11.9. The summed E-state index contributed by atoms with van der Waals surface area (Å²) in [6.45, 7) is 4.15. The number of benzene rings is 1. The second-order valence-electron chi connectivity index (χ2n) is 4.73. The van der Waals surface area contributed by atoms with Crippen molar-refractivity contribution in [2.24, 2.45) is 0 Å². The lowest BCUT2D eigenvalue weighted by molar-refractivity contribution is 0.0950. The minimum atomic E-state index is -3.26. The molecule has 0 aliphatic rings. The maximum Gasteiger partial charge on any atom is 0.251 e. The normalized spacial score (nSPS) is 11.9. The Balaban J connectivity index is 2.55. The average molecular weight is 363 g/mol. The van der Waals surface area contributed by atoms with Crippen LogP contribution in [0.4, 0.5) is 0 Å². The average Bonchev–Trinajstić information content (AvgIpc) is 2.33. The van der Waals surface area contributed by atoms with Crippen LogP contribution in [0.15, 0.2) is 28.7 Å². The third kappa shape index (κ3) is 5.22. The number of hydrogen-bond donors (Lipinski definition) is 1. The Hall–Kier alpha value is -0.920. The van der Waals surface area contributed by atoms with Crippen LogP contribution in [0.2, 0.25) is 0 Å². The highest BCUT2D eigenvalue weighted by atomic mass is 79.9. The molecule has 20 heavy (non-hydrogen) atoms. The molecule has 0 heterocycles. The van der Waals surface area contributed by atoms with Gasteiger partial charge in [0.15, 0.2) is 0 Å². The van der Waals surface area contributed by atoms with Gasteiger partial charge < -0.3 is 5.32 Å². The summed E-state index contributed by atoms with van der Waals surface area (Å²) >= 11 is 3.30. The molecule has 0 atom stereocenters. The molecule has 112 valence electrons. The molecule has 0 spiro atoms. The van der Waals surface area contributed by atoms with E-state index in [-0.39, 0.29) is 25.0 Å². The molecule has 0 bridgehead atoms. The van der Waals surface area contributed by atoms with Crippen molar-refractivity contribution in [3.8, 4) is 0 Å². The molecule has 7 heteroatoms. The van der Waals surface area contributed by atoms with Gasteiger partial charge in [-0.1, -0.05) is 15.9 Å². The van der Waals surface area contributed by atoms with Crippen LogP contribution in [0.5, 0.6) is 0 Å². The molecular formula is C13H19BrN2O3S. The van der Waals surface area contributed by atoms with Crippen LogP contribution in [0.25, 0.3) is 0 Å². The van der Waals surface area contributed by atoms with Gasteiger partial charge in [0.2, 0.25) is 10.0 Å². The third-order valence-corrected chi connectivity index (χ3v) is 4.71. The van der Waals surface area contributed by atoms with Crippen molar-refractivity contribution in [2.75, 3.05) is 19.3 Å². The van der Waals surface area contributed by atoms with E-state index in [2.05, 4.69) is 21.2 Å². The molecule has 0 unspecified atom stereocenters. The van der Waals surface area contributed by atoms with E-state index in [9.17, 15) is 13.2 Å². The highest BCUT2D eigenvalue weighted by Crippen LogP contribution is 2.10. The first-order chi connectivity index (χ1) is 9.21. The summed E-state index contributed by atoms with van der Waals surface area (Å²) in [6, 6.07) is 6.85. The predicted octanol–water partition coefficient (Wildman–Crippen LogP) is 1.85. The maximum absolute atomic E-state index is 11.9. The second kappa shape index (κ2) is 7.19. The molecule has 1 N–H and O–H groups in total. The monoisotopic (exact) mass is 362 g/mol. The van der Waals surface area contributed by atoms with Gasteiger partial charge in [-0.3, -0.25) is 4.79 Å². The van der Waals surface area contributed by atoms with Gasteiger partial charge in [-0.05, 0) is 38.1 Å². The van der Waals surface area contributed by atoms with Crippen LogP contribution in [-0.4, -0.2) is 44.0 Å². The number of sulfonamides is 1. The van der Waals surface area contributed by atoms with Crippen LogP contribution >= 0.6 is 15.9 Å². The Morgan fingerprint density at radius 2 is 1.85 bits per heavy atom. The van der Waals surface area contributed by atoms with Crippen molar-refractivity contribution in [2.45, 2.75) is 19.9 Å². The third-order valence-electron chi connectivity index (χ3n) is 2.73. The number of nitrogens with zero attached hydrogens (tertiary/aromatic N) is 1. The lowest BCUT2D eigenvalue weighted by Gasteiger charge is -2.23. The molecule has 5 nitrogen and oxygen atoms in total. The van der Waals surface area contributed by atoms with Crippen LogP contribution in [0.1, 0.15) is 24.2 Å². The summed E-state index contributed by atoms with van der Waals surface area (Å²) in [5, 5.41) is 2.72. The summed E-state index contributed by atoms with van der Waals surface area (Å²) in [5.74, 6) is -0.213. The summed E-state index contributed by atoms with van der Waals surface area (Å²) in [6.07, 6.45) is 1.17. The minimum Gasteiger partial charge on any atom is -0.351 e. The van der Waals surface area contributed by atoms with Crippen molar-refractivity contribution >= 4 is 31.9 Å². The van der Waals surface area contributed by atoms with Gasteiger partial charge in [0, 0.05) is 29.2 Å². The molecule has 1 amide bonds. The molecule has 0 fully saturated rings. The molecule has 0 radical (unpaired) electrons. The zero-order chi connectivity index (χ0) is 15.3. The summed E-state index contributed by atoms with van der Waals surface area (Å²) in [4.78, 5) is 11.9. The van der Waals surface area contributed by atoms with Crippen molar-refractivity contribution < 1.29 is 13.2 Å². The number of carbonyl (C=O) groups is 1. The smallest absolute Gasteiger partial charge is 0.251 e. The Morgan fingerprint density at radius 1 is 1.30 bits per heavy atom.